The van der Waals surface area contributed by atoms with Crippen molar-refractivity contribution >= 4 is 21.6 Å². The Labute approximate surface area is 122 Å². The molecule has 2 heterocycles. The van der Waals surface area contributed by atoms with Crippen molar-refractivity contribution < 1.29 is 21.6 Å². The SMILES string of the molecule is Cc1c(S(N)(=O)=O)cnn1-c1ncc(C(F)(F)F)cc1Cl. The maximum Gasteiger partial charge on any atom is 0.417 e. The van der Waals surface area contributed by atoms with Crippen molar-refractivity contribution in [3.8, 4) is 5.82 Å². The Hall–Kier alpha value is -1.65. The Morgan fingerprint density at radius 2 is 1.95 bits per heavy atom. The zero-order chi connectivity index (χ0) is 16.0. The van der Waals surface area contributed by atoms with E-state index in [0.717, 1.165) is 10.9 Å². The Balaban J connectivity index is 2.57. The fraction of sp³-hybridized carbons (Fsp3) is 0.200. The zero-order valence-corrected chi connectivity index (χ0v) is 12.0. The second kappa shape index (κ2) is 4.97. The summed E-state index contributed by atoms with van der Waals surface area (Å²) >= 11 is 5.76. The second-order valence-electron chi connectivity index (χ2n) is 4.08. The molecule has 2 rings (SSSR count). The first kappa shape index (κ1) is 15.7. The van der Waals surface area contributed by atoms with Gasteiger partial charge in [-0.05, 0) is 13.0 Å². The van der Waals surface area contributed by atoms with E-state index in [4.69, 9.17) is 16.7 Å². The van der Waals surface area contributed by atoms with Gasteiger partial charge in [-0.3, -0.25) is 0 Å². The maximum absolute atomic E-state index is 12.5. The number of hydrogen-bond donors (Lipinski definition) is 1. The summed E-state index contributed by atoms with van der Waals surface area (Å²) in [6.07, 6.45) is -3.03. The molecule has 0 aliphatic rings. The fourth-order valence-corrected chi connectivity index (χ4v) is 2.57. The Morgan fingerprint density at radius 1 is 1.33 bits per heavy atom. The molecule has 0 atom stereocenters. The van der Waals surface area contributed by atoms with E-state index in [1.165, 1.54) is 6.92 Å². The van der Waals surface area contributed by atoms with Gasteiger partial charge in [0.25, 0.3) is 0 Å². The summed E-state index contributed by atoms with van der Waals surface area (Å²) in [7, 11) is -4.00. The molecule has 0 spiro atoms. The third-order valence-corrected chi connectivity index (χ3v) is 3.91. The van der Waals surface area contributed by atoms with E-state index in [1.807, 2.05) is 0 Å². The zero-order valence-electron chi connectivity index (χ0n) is 10.4. The van der Waals surface area contributed by atoms with Crippen LogP contribution in [0.15, 0.2) is 23.4 Å². The number of alkyl halides is 3. The molecule has 0 aliphatic carbocycles. The number of aromatic nitrogens is 3. The lowest BCUT2D eigenvalue weighted by atomic mass is 10.3. The van der Waals surface area contributed by atoms with Gasteiger partial charge in [0.1, 0.15) is 4.90 Å². The molecule has 0 amide bonds. The molecule has 21 heavy (non-hydrogen) atoms. The summed E-state index contributed by atoms with van der Waals surface area (Å²) in [5.41, 5.74) is -0.931. The van der Waals surface area contributed by atoms with Crippen LogP contribution in [-0.2, 0) is 16.2 Å². The van der Waals surface area contributed by atoms with Gasteiger partial charge in [-0.15, -0.1) is 0 Å². The second-order valence-corrected chi connectivity index (χ2v) is 6.02. The monoisotopic (exact) mass is 340 g/mol. The summed E-state index contributed by atoms with van der Waals surface area (Å²) in [6.45, 7) is 1.38. The van der Waals surface area contributed by atoms with Crippen LogP contribution in [0.5, 0.6) is 0 Å². The van der Waals surface area contributed by atoms with Gasteiger partial charge in [0.15, 0.2) is 5.82 Å². The van der Waals surface area contributed by atoms with Crippen LogP contribution in [0.1, 0.15) is 11.3 Å². The average Bonchev–Trinajstić information content (AvgIpc) is 2.69. The van der Waals surface area contributed by atoms with Crippen molar-refractivity contribution in [1.82, 2.24) is 14.8 Å². The highest BCUT2D eigenvalue weighted by molar-refractivity contribution is 7.89. The maximum atomic E-state index is 12.5. The average molecular weight is 341 g/mol. The molecule has 0 unspecified atom stereocenters. The molecule has 0 aliphatic heterocycles. The molecular weight excluding hydrogens is 333 g/mol. The van der Waals surface area contributed by atoms with Gasteiger partial charge in [-0.25, -0.2) is 23.2 Å². The topological polar surface area (TPSA) is 90.9 Å². The standard InChI is InChI=1S/C10H8ClF3N4O2S/c1-5-8(21(15,19)20)4-17-18(5)9-7(11)2-6(3-16-9)10(12,13)14/h2-4H,1H3,(H2,15,19,20). The first-order chi connectivity index (χ1) is 9.51. The van der Waals surface area contributed by atoms with Gasteiger partial charge < -0.3 is 0 Å². The minimum atomic E-state index is -4.58. The molecule has 2 aromatic rings. The molecule has 114 valence electrons. The van der Waals surface area contributed by atoms with Crippen molar-refractivity contribution in [2.45, 2.75) is 18.0 Å². The van der Waals surface area contributed by atoms with E-state index in [2.05, 4.69) is 10.1 Å². The van der Waals surface area contributed by atoms with Crippen molar-refractivity contribution in [3.63, 3.8) is 0 Å². The van der Waals surface area contributed by atoms with E-state index in [9.17, 15) is 21.6 Å². The quantitative estimate of drug-likeness (QED) is 0.903. The molecule has 0 radical (unpaired) electrons. The summed E-state index contributed by atoms with van der Waals surface area (Å²) in [6, 6.07) is 0.682. The lowest BCUT2D eigenvalue weighted by Gasteiger charge is -2.10. The highest BCUT2D eigenvalue weighted by atomic mass is 35.5. The number of rotatable bonds is 2. The molecule has 0 saturated carbocycles. The first-order valence-corrected chi connectivity index (χ1v) is 7.25. The molecule has 0 bridgehead atoms. The molecule has 2 N–H and O–H groups in total. The van der Waals surface area contributed by atoms with Crippen molar-refractivity contribution in [1.29, 1.82) is 0 Å². The summed E-state index contributed by atoms with van der Waals surface area (Å²) in [4.78, 5) is 3.32. The summed E-state index contributed by atoms with van der Waals surface area (Å²) in [5, 5.41) is 8.40. The van der Waals surface area contributed by atoms with Crippen LogP contribution in [0.4, 0.5) is 13.2 Å². The molecule has 0 saturated heterocycles. The minimum absolute atomic E-state index is 0.0895. The van der Waals surface area contributed by atoms with Gasteiger partial charge in [0.2, 0.25) is 10.0 Å². The fourth-order valence-electron chi connectivity index (χ4n) is 1.63. The van der Waals surface area contributed by atoms with E-state index < -0.39 is 21.8 Å². The minimum Gasteiger partial charge on any atom is -0.235 e. The van der Waals surface area contributed by atoms with Crippen LogP contribution in [0.25, 0.3) is 5.82 Å². The number of primary sulfonamides is 1. The van der Waals surface area contributed by atoms with Gasteiger partial charge in [-0.2, -0.15) is 18.3 Å². The van der Waals surface area contributed by atoms with Crippen LogP contribution < -0.4 is 5.14 Å². The number of nitrogens with two attached hydrogens (primary N) is 1. The molecule has 0 aromatic carbocycles. The summed E-state index contributed by atoms with van der Waals surface area (Å²) in [5.74, 6) is -0.128. The van der Waals surface area contributed by atoms with Gasteiger partial charge in [0.05, 0.1) is 22.5 Å². The first-order valence-electron chi connectivity index (χ1n) is 5.32. The predicted molar refractivity (Wildman–Crippen MR) is 67.5 cm³/mol. The smallest absolute Gasteiger partial charge is 0.235 e. The van der Waals surface area contributed by atoms with Crippen molar-refractivity contribution in [2.24, 2.45) is 5.14 Å². The van der Waals surface area contributed by atoms with Crippen LogP contribution in [0.3, 0.4) is 0 Å². The third kappa shape index (κ3) is 3.01. The number of sulfonamides is 1. The number of nitrogens with zero attached hydrogens (tertiary/aromatic N) is 3. The van der Waals surface area contributed by atoms with E-state index >= 15 is 0 Å². The highest BCUT2D eigenvalue weighted by Gasteiger charge is 2.32. The van der Waals surface area contributed by atoms with Crippen molar-refractivity contribution in [3.05, 3.63) is 34.7 Å². The number of pyridine rings is 1. The lowest BCUT2D eigenvalue weighted by molar-refractivity contribution is -0.137. The van der Waals surface area contributed by atoms with E-state index in [0.29, 0.717) is 12.3 Å². The van der Waals surface area contributed by atoms with Gasteiger partial charge in [0, 0.05) is 6.20 Å². The van der Waals surface area contributed by atoms with Crippen molar-refractivity contribution in [2.75, 3.05) is 0 Å². The van der Waals surface area contributed by atoms with Crippen LogP contribution in [0.2, 0.25) is 5.02 Å². The largest absolute Gasteiger partial charge is 0.417 e. The van der Waals surface area contributed by atoms with E-state index in [1.54, 1.807) is 0 Å². The molecule has 6 nitrogen and oxygen atoms in total. The van der Waals surface area contributed by atoms with Gasteiger partial charge >= 0.3 is 6.18 Å². The Morgan fingerprint density at radius 3 is 2.38 bits per heavy atom. The lowest BCUT2D eigenvalue weighted by Crippen LogP contribution is -2.13. The third-order valence-electron chi connectivity index (χ3n) is 2.62. The van der Waals surface area contributed by atoms with Crippen LogP contribution >= 0.6 is 11.6 Å². The Kier molecular flexibility index (Phi) is 3.72. The molecule has 11 heteroatoms. The number of hydrogen-bond acceptors (Lipinski definition) is 4. The Bertz CT molecular complexity index is 801. The molecule has 0 fully saturated rings. The highest BCUT2D eigenvalue weighted by Crippen LogP contribution is 2.32. The summed E-state index contributed by atoms with van der Waals surface area (Å²) < 4.78 is 61.2. The molecular formula is C10H8ClF3N4O2S. The van der Waals surface area contributed by atoms with Crippen LogP contribution in [0, 0.1) is 6.92 Å². The predicted octanol–water partition coefficient (Wildman–Crippen LogP) is 1.90. The van der Waals surface area contributed by atoms with E-state index in [-0.39, 0.29) is 21.4 Å². The number of halogens is 4. The molecule has 2 aromatic heterocycles. The van der Waals surface area contributed by atoms with Crippen LogP contribution in [-0.4, -0.2) is 23.2 Å². The normalized spacial score (nSPS) is 12.7. The van der Waals surface area contributed by atoms with Gasteiger partial charge in [-0.1, -0.05) is 11.6 Å².